The van der Waals surface area contributed by atoms with Gasteiger partial charge in [0.1, 0.15) is 0 Å². The van der Waals surface area contributed by atoms with Gasteiger partial charge in [-0.05, 0) is 32.1 Å². The molecule has 120 valence electrons. The monoisotopic (exact) mass is 315 g/mol. The van der Waals surface area contributed by atoms with Crippen LogP contribution in [0.3, 0.4) is 0 Å². The third kappa shape index (κ3) is 3.46. The topological polar surface area (TPSA) is 86.3 Å². The predicted molar refractivity (Wildman–Crippen MR) is 80.3 cm³/mol. The molecule has 0 aliphatic carbocycles. The van der Waals surface area contributed by atoms with Gasteiger partial charge in [0.15, 0.2) is 5.03 Å². The van der Waals surface area contributed by atoms with E-state index >= 15 is 0 Å². The molecular formula is C14H25N3O3S. The fourth-order valence-corrected chi connectivity index (χ4v) is 4.68. The van der Waals surface area contributed by atoms with Crippen molar-refractivity contribution in [2.45, 2.75) is 57.6 Å². The first-order valence-corrected chi connectivity index (χ1v) is 9.09. The Morgan fingerprint density at radius 3 is 2.81 bits per heavy atom. The summed E-state index contributed by atoms with van der Waals surface area (Å²) >= 11 is 0. The fourth-order valence-electron chi connectivity index (χ4n) is 3.03. The van der Waals surface area contributed by atoms with E-state index in [4.69, 9.17) is 0 Å². The Bertz CT molecular complexity index is 568. The maximum Gasteiger partial charge on any atom is 0.262 e. The van der Waals surface area contributed by atoms with Crippen LogP contribution >= 0.6 is 0 Å². The first-order valence-electron chi connectivity index (χ1n) is 7.65. The van der Waals surface area contributed by atoms with Crippen LogP contribution in [-0.2, 0) is 16.6 Å². The lowest BCUT2D eigenvalue weighted by Gasteiger charge is -2.19. The van der Waals surface area contributed by atoms with Gasteiger partial charge in [0.2, 0.25) is 0 Å². The van der Waals surface area contributed by atoms with Crippen molar-refractivity contribution in [3.63, 3.8) is 0 Å². The Morgan fingerprint density at radius 2 is 2.14 bits per heavy atom. The zero-order chi connectivity index (χ0) is 15.5. The molecule has 1 aromatic rings. The maximum atomic E-state index is 12.7. The van der Waals surface area contributed by atoms with Crippen LogP contribution in [0.2, 0.25) is 0 Å². The average molecular weight is 315 g/mol. The van der Waals surface area contributed by atoms with Crippen molar-refractivity contribution in [2.24, 2.45) is 5.92 Å². The van der Waals surface area contributed by atoms with Crippen LogP contribution in [0, 0.1) is 12.8 Å². The number of aromatic nitrogens is 2. The quantitative estimate of drug-likeness (QED) is 0.867. The molecule has 2 N–H and O–H groups in total. The summed E-state index contributed by atoms with van der Waals surface area (Å²) in [7, 11) is -3.61. The highest BCUT2D eigenvalue weighted by Crippen LogP contribution is 2.27. The van der Waals surface area contributed by atoms with Crippen molar-refractivity contribution in [1.29, 1.82) is 0 Å². The molecule has 1 aliphatic rings. The van der Waals surface area contributed by atoms with Crippen molar-refractivity contribution in [3.8, 4) is 0 Å². The molecule has 0 amide bonds. The lowest BCUT2D eigenvalue weighted by molar-refractivity contribution is 0.277. The second-order valence-corrected chi connectivity index (χ2v) is 7.63. The van der Waals surface area contributed by atoms with Gasteiger partial charge in [-0.25, -0.2) is 8.42 Å². The first kappa shape index (κ1) is 16.5. The third-order valence-corrected chi connectivity index (χ3v) is 6.15. The Labute approximate surface area is 126 Å². The zero-order valence-electron chi connectivity index (χ0n) is 12.8. The molecule has 1 aliphatic heterocycles. The summed E-state index contributed by atoms with van der Waals surface area (Å²) in [5, 5.41) is 15.9. The number of H-pyrrole nitrogens is 1. The molecule has 0 spiro atoms. The molecule has 1 unspecified atom stereocenters. The summed E-state index contributed by atoms with van der Waals surface area (Å²) in [6.07, 6.45) is 5.20. The number of aromatic amines is 1. The van der Waals surface area contributed by atoms with Crippen LogP contribution < -0.4 is 0 Å². The molecule has 6 nitrogen and oxygen atoms in total. The number of aryl methyl sites for hydroxylation is 1. The molecule has 2 heterocycles. The Hall–Kier alpha value is -0.920. The second-order valence-electron chi connectivity index (χ2n) is 5.78. The van der Waals surface area contributed by atoms with E-state index in [0.717, 1.165) is 32.1 Å². The lowest BCUT2D eigenvalue weighted by atomic mass is 9.96. The molecule has 7 heteroatoms. The van der Waals surface area contributed by atoms with Crippen molar-refractivity contribution >= 4 is 10.0 Å². The van der Waals surface area contributed by atoms with Crippen LogP contribution in [0.4, 0.5) is 0 Å². The molecule has 1 saturated heterocycles. The van der Waals surface area contributed by atoms with E-state index in [1.54, 1.807) is 6.92 Å². The smallest absolute Gasteiger partial charge is 0.262 e. The lowest BCUT2D eigenvalue weighted by Crippen LogP contribution is -2.33. The van der Waals surface area contributed by atoms with Crippen molar-refractivity contribution in [3.05, 3.63) is 11.3 Å². The maximum absolute atomic E-state index is 12.7. The van der Waals surface area contributed by atoms with Gasteiger partial charge >= 0.3 is 0 Å². The SMILES string of the molecule is CCCC1CCCN(S(=O)(=O)c2n[nH]c(C)c2CO)CC1. The molecule has 0 aromatic carbocycles. The van der Waals surface area contributed by atoms with E-state index in [9.17, 15) is 13.5 Å². The van der Waals surface area contributed by atoms with E-state index in [1.807, 2.05) is 0 Å². The Balaban J connectivity index is 2.19. The highest BCUT2D eigenvalue weighted by Gasteiger charge is 2.31. The molecule has 21 heavy (non-hydrogen) atoms. The summed E-state index contributed by atoms with van der Waals surface area (Å²) in [5.41, 5.74) is 0.985. The minimum absolute atomic E-state index is 0.0172. The van der Waals surface area contributed by atoms with E-state index in [2.05, 4.69) is 17.1 Å². The van der Waals surface area contributed by atoms with Crippen LogP contribution in [0.5, 0.6) is 0 Å². The van der Waals surface area contributed by atoms with Crippen LogP contribution in [-0.4, -0.2) is 41.1 Å². The van der Waals surface area contributed by atoms with Gasteiger partial charge in [-0.15, -0.1) is 0 Å². The van der Waals surface area contributed by atoms with Gasteiger partial charge in [-0.2, -0.15) is 9.40 Å². The summed E-state index contributed by atoms with van der Waals surface area (Å²) in [6.45, 7) is 4.66. The molecule has 0 radical (unpaired) electrons. The van der Waals surface area contributed by atoms with E-state index < -0.39 is 10.0 Å². The molecular weight excluding hydrogens is 290 g/mol. The van der Waals surface area contributed by atoms with Crippen LogP contribution in [0.1, 0.15) is 50.3 Å². The first-order chi connectivity index (χ1) is 10.0. The molecule has 0 bridgehead atoms. The minimum Gasteiger partial charge on any atom is -0.392 e. The summed E-state index contributed by atoms with van der Waals surface area (Å²) in [5.74, 6) is 0.619. The molecule has 2 rings (SSSR count). The van der Waals surface area contributed by atoms with Gasteiger partial charge in [0.25, 0.3) is 10.0 Å². The van der Waals surface area contributed by atoms with Gasteiger partial charge in [-0.1, -0.05) is 19.8 Å². The zero-order valence-corrected chi connectivity index (χ0v) is 13.6. The van der Waals surface area contributed by atoms with Gasteiger partial charge in [-0.3, -0.25) is 5.10 Å². The molecule has 1 fully saturated rings. The Kier molecular flexibility index (Phi) is 5.40. The third-order valence-electron chi connectivity index (χ3n) is 4.28. The van der Waals surface area contributed by atoms with Crippen LogP contribution in [0.15, 0.2) is 5.03 Å². The highest BCUT2D eigenvalue weighted by molar-refractivity contribution is 7.89. The van der Waals surface area contributed by atoms with E-state index in [0.29, 0.717) is 30.3 Å². The number of rotatable bonds is 5. The number of hydrogen-bond acceptors (Lipinski definition) is 4. The summed E-state index contributed by atoms with van der Waals surface area (Å²) < 4.78 is 27.0. The average Bonchev–Trinajstić information content (AvgIpc) is 2.68. The standard InChI is InChI=1S/C14H25N3O3S/c1-3-5-12-6-4-8-17(9-7-12)21(19,20)14-13(10-18)11(2)15-16-14/h12,18H,3-10H2,1-2H3,(H,15,16). The van der Waals surface area contributed by atoms with E-state index in [1.165, 1.54) is 4.31 Å². The van der Waals surface area contributed by atoms with Crippen molar-refractivity contribution in [2.75, 3.05) is 13.1 Å². The molecule has 1 aromatic heterocycles. The van der Waals surface area contributed by atoms with Gasteiger partial charge < -0.3 is 5.11 Å². The van der Waals surface area contributed by atoms with Gasteiger partial charge in [0.05, 0.1) is 6.61 Å². The number of aliphatic hydroxyl groups is 1. The largest absolute Gasteiger partial charge is 0.392 e. The second kappa shape index (κ2) is 6.89. The predicted octanol–water partition coefficient (Wildman–Crippen LogP) is 1.80. The minimum atomic E-state index is -3.61. The van der Waals surface area contributed by atoms with Crippen LogP contribution in [0.25, 0.3) is 0 Å². The van der Waals surface area contributed by atoms with Crippen molar-refractivity contribution < 1.29 is 13.5 Å². The van der Waals surface area contributed by atoms with Gasteiger partial charge in [0, 0.05) is 24.3 Å². The normalized spacial score (nSPS) is 21.4. The van der Waals surface area contributed by atoms with Crippen molar-refractivity contribution in [1.82, 2.24) is 14.5 Å². The Morgan fingerprint density at radius 1 is 1.38 bits per heavy atom. The fraction of sp³-hybridized carbons (Fsp3) is 0.786. The number of nitrogens with one attached hydrogen (secondary N) is 1. The summed E-state index contributed by atoms with van der Waals surface area (Å²) in [6, 6.07) is 0. The molecule has 1 atom stereocenters. The highest BCUT2D eigenvalue weighted by atomic mass is 32.2. The number of sulfonamides is 1. The number of nitrogens with zero attached hydrogens (tertiary/aromatic N) is 2. The summed E-state index contributed by atoms with van der Waals surface area (Å²) in [4.78, 5) is 0. The molecule has 0 saturated carbocycles. The number of hydrogen-bond donors (Lipinski definition) is 2. The number of aliphatic hydroxyl groups excluding tert-OH is 1. The van der Waals surface area contributed by atoms with E-state index in [-0.39, 0.29) is 11.6 Å².